The number of carbonyl (C=O) groups excluding carboxylic acids is 1. The molecule has 0 radical (unpaired) electrons. The molecule has 18 heavy (non-hydrogen) atoms. The van der Waals surface area contributed by atoms with Crippen molar-refractivity contribution in [1.29, 1.82) is 0 Å². The molecule has 0 heterocycles. The van der Waals surface area contributed by atoms with E-state index in [1.165, 1.54) is 19.2 Å². The molecular weight excluding hydrogens is 237 g/mol. The fourth-order valence-electron chi connectivity index (χ4n) is 1.46. The van der Waals surface area contributed by atoms with Crippen molar-refractivity contribution in [3.63, 3.8) is 0 Å². The molecule has 0 bridgehead atoms. The first-order valence-corrected chi connectivity index (χ1v) is 5.88. The van der Waals surface area contributed by atoms with Crippen LogP contribution in [-0.4, -0.2) is 30.8 Å². The van der Waals surface area contributed by atoms with Crippen LogP contribution in [0.25, 0.3) is 0 Å². The summed E-state index contributed by atoms with van der Waals surface area (Å²) in [4.78, 5) is 11.7. The van der Waals surface area contributed by atoms with Crippen LogP contribution in [0.15, 0.2) is 18.2 Å². The van der Waals surface area contributed by atoms with Crippen molar-refractivity contribution in [2.75, 3.05) is 13.7 Å². The zero-order valence-electron chi connectivity index (χ0n) is 10.6. The average molecular weight is 255 g/mol. The summed E-state index contributed by atoms with van der Waals surface area (Å²) in [7, 11) is 1.43. The maximum atomic E-state index is 13.5. The van der Waals surface area contributed by atoms with Gasteiger partial charge in [-0.1, -0.05) is 6.92 Å². The summed E-state index contributed by atoms with van der Waals surface area (Å²) in [5, 5.41) is 11.9. The third-order valence-corrected chi connectivity index (χ3v) is 2.66. The van der Waals surface area contributed by atoms with E-state index in [1.807, 2.05) is 6.92 Å². The largest absolute Gasteiger partial charge is 0.497 e. The number of benzene rings is 1. The number of hydrogen-bond donors (Lipinski definition) is 2. The Bertz CT molecular complexity index is 409. The quantitative estimate of drug-likeness (QED) is 0.813. The van der Waals surface area contributed by atoms with Gasteiger partial charge in [0, 0.05) is 12.6 Å². The summed E-state index contributed by atoms with van der Waals surface area (Å²) >= 11 is 0. The minimum atomic E-state index is -0.622. The van der Waals surface area contributed by atoms with Crippen LogP contribution in [0, 0.1) is 5.82 Å². The van der Waals surface area contributed by atoms with Gasteiger partial charge in [0.25, 0.3) is 5.91 Å². The van der Waals surface area contributed by atoms with E-state index in [2.05, 4.69) is 5.32 Å². The molecule has 1 rings (SSSR count). The summed E-state index contributed by atoms with van der Waals surface area (Å²) in [5.41, 5.74) is -0.0261. The number of aliphatic hydroxyl groups is 1. The molecule has 0 aliphatic rings. The van der Waals surface area contributed by atoms with Crippen LogP contribution >= 0.6 is 0 Å². The van der Waals surface area contributed by atoms with Crippen LogP contribution in [0.4, 0.5) is 4.39 Å². The molecule has 0 saturated carbocycles. The Balaban J connectivity index is 2.56. The van der Waals surface area contributed by atoms with Gasteiger partial charge in [-0.3, -0.25) is 4.79 Å². The average Bonchev–Trinajstić information content (AvgIpc) is 2.37. The Morgan fingerprint density at radius 1 is 1.56 bits per heavy atom. The third-order valence-electron chi connectivity index (χ3n) is 2.66. The minimum Gasteiger partial charge on any atom is -0.497 e. The molecule has 100 valence electrons. The summed E-state index contributed by atoms with van der Waals surface area (Å²) in [6.45, 7) is 2.18. The zero-order valence-corrected chi connectivity index (χ0v) is 10.6. The van der Waals surface area contributed by atoms with Gasteiger partial charge in [0.1, 0.15) is 11.6 Å². The van der Waals surface area contributed by atoms with Crippen LogP contribution in [0.1, 0.15) is 30.1 Å². The highest BCUT2D eigenvalue weighted by Crippen LogP contribution is 2.16. The summed E-state index contributed by atoms with van der Waals surface area (Å²) in [5.74, 6) is -0.744. The highest BCUT2D eigenvalue weighted by Gasteiger charge is 2.12. The monoisotopic (exact) mass is 255 g/mol. The first kappa shape index (κ1) is 14.4. The molecule has 1 amide bonds. The number of amides is 1. The lowest BCUT2D eigenvalue weighted by atomic mass is 10.1. The lowest BCUT2D eigenvalue weighted by Gasteiger charge is -2.09. The number of aliphatic hydroxyl groups excluding tert-OH is 1. The van der Waals surface area contributed by atoms with E-state index in [9.17, 15) is 14.3 Å². The van der Waals surface area contributed by atoms with Crippen molar-refractivity contribution in [2.45, 2.75) is 25.9 Å². The lowest BCUT2D eigenvalue weighted by molar-refractivity contribution is 0.0938. The summed E-state index contributed by atoms with van der Waals surface area (Å²) in [6, 6.07) is 4.06. The molecule has 5 heteroatoms. The normalized spacial score (nSPS) is 12.0. The Kier molecular flexibility index (Phi) is 5.58. The van der Waals surface area contributed by atoms with Crippen molar-refractivity contribution >= 4 is 5.91 Å². The predicted octanol–water partition coefficient (Wildman–Crippen LogP) is 1.73. The Labute approximate surface area is 106 Å². The highest BCUT2D eigenvalue weighted by atomic mass is 19.1. The topological polar surface area (TPSA) is 58.6 Å². The second-order valence-corrected chi connectivity index (χ2v) is 3.95. The van der Waals surface area contributed by atoms with E-state index in [4.69, 9.17) is 4.74 Å². The molecule has 1 atom stereocenters. The molecule has 0 aromatic heterocycles. The number of carbonyl (C=O) groups is 1. The molecule has 0 fully saturated rings. The molecule has 1 unspecified atom stereocenters. The smallest absolute Gasteiger partial charge is 0.254 e. The Morgan fingerprint density at radius 3 is 2.83 bits per heavy atom. The highest BCUT2D eigenvalue weighted by molar-refractivity contribution is 5.94. The molecule has 2 N–H and O–H groups in total. The molecule has 0 spiro atoms. The van der Waals surface area contributed by atoms with Gasteiger partial charge >= 0.3 is 0 Å². The lowest BCUT2D eigenvalue weighted by Crippen LogP contribution is -2.27. The van der Waals surface area contributed by atoms with Gasteiger partial charge < -0.3 is 15.2 Å². The molecule has 0 aliphatic heterocycles. The van der Waals surface area contributed by atoms with Gasteiger partial charge in [0.15, 0.2) is 0 Å². The molecule has 1 aromatic carbocycles. The van der Waals surface area contributed by atoms with Crippen molar-refractivity contribution in [3.8, 4) is 5.75 Å². The van der Waals surface area contributed by atoms with E-state index >= 15 is 0 Å². The molecule has 1 aromatic rings. The third kappa shape index (κ3) is 4.00. The second-order valence-electron chi connectivity index (χ2n) is 3.95. The van der Waals surface area contributed by atoms with E-state index in [0.29, 0.717) is 25.1 Å². The van der Waals surface area contributed by atoms with E-state index in [0.717, 1.165) is 6.07 Å². The van der Waals surface area contributed by atoms with Gasteiger partial charge in [0.05, 0.1) is 18.8 Å². The fraction of sp³-hybridized carbons (Fsp3) is 0.462. The number of ether oxygens (including phenoxy) is 1. The summed E-state index contributed by atoms with van der Waals surface area (Å²) in [6.07, 6.45) is 0.651. The number of nitrogens with one attached hydrogen (secondary N) is 1. The standard InChI is InChI=1S/C13H18FNO3/c1-3-9(16)6-7-15-13(17)11-5-4-10(18-2)8-12(11)14/h4-5,8-9,16H,3,6-7H2,1-2H3,(H,15,17). The van der Waals surface area contributed by atoms with Crippen LogP contribution in [0.5, 0.6) is 5.75 Å². The molecule has 0 saturated heterocycles. The van der Waals surface area contributed by atoms with E-state index in [-0.39, 0.29) is 5.56 Å². The minimum absolute atomic E-state index is 0.0261. The maximum Gasteiger partial charge on any atom is 0.254 e. The number of rotatable bonds is 6. The van der Waals surface area contributed by atoms with Gasteiger partial charge in [-0.15, -0.1) is 0 Å². The van der Waals surface area contributed by atoms with Crippen LogP contribution in [-0.2, 0) is 0 Å². The van der Waals surface area contributed by atoms with Crippen molar-refractivity contribution < 1.29 is 19.0 Å². The van der Waals surface area contributed by atoms with E-state index < -0.39 is 17.8 Å². The van der Waals surface area contributed by atoms with Gasteiger partial charge in [-0.25, -0.2) is 4.39 Å². The Hall–Kier alpha value is -1.62. The fourth-order valence-corrected chi connectivity index (χ4v) is 1.46. The summed E-state index contributed by atoms with van der Waals surface area (Å²) < 4.78 is 18.4. The van der Waals surface area contributed by atoms with Gasteiger partial charge in [-0.05, 0) is 25.0 Å². The number of halogens is 1. The number of hydrogen-bond acceptors (Lipinski definition) is 3. The van der Waals surface area contributed by atoms with Gasteiger partial charge in [-0.2, -0.15) is 0 Å². The van der Waals surface area contributed by atoms with E-state index in [1.54, 1.807) is 0 Å². The van der Waals surface area contributed by atoms with Crippen molar-refractivity contribution in [1.82, 2.24) is 5.32 Å². The van der Waals surface area contributed by atoms with Crippen molar-refractivity contribution in [2.24, 2.45) is 0 Å². The van der Waals surface area contributed by atoms with Crippen molar-refractivity contribution in [3.05, 3.63) is 29.6 Å². The van der Waals surface area contributed by atoms with Crippen LogP contribution in [0.2, 0.25) is 0 Å². The first-order valence-electron chi connectivity index (χ1n) is 5.88. The molecule has 0 aliphatic carbocycles. The first-order chi connectivity index (χ1) is 8.58. The molecule has 4 nitrogen and oxygen atoms in total. The van der Waals surface area contributed by atoms with Crippen LogP contribution in [0.3, 0.4) is 0 Å². The molecular formula is C13H18FNO3. The number of methoxy groups -OCH3 is 1. The second kappa shape index (κ2) is 6.96. The zero-order chi connectivity index (χ0) is 13.5. The SMILES string of the molecule is CCC(O)CCNC(=O)c1ccc(OC)cc1F. The van der Waals surface area contributed by atoms with Crippen LogP contribution < -0.4 is 10.1 Å². The maximum absolute atomic E-state index is 13.5. The van der Waals surface area contributed by atoms with Gasteiger partial charge in [0.2, 0.25) is 0 Å². The Morgan fingerprint density at radius 2 is 2.28 bits per heavy atom. The predicted molar refractivity (Wildman–Crippen MR) is 66.2 cm³/mol.